The van der Waals surface area contributed by atoms with Gasteiger partial charge in [-0.25, -0.2) is 18.5 Å². The fourth-order valence-electron chi connectivity index (χ4n) is 7.10. The molecule has 5 rings (SSSR count). The largest absolute Gasteiger partial charge is 0.472 e. The van der Waals surface area contributed by atoms with Crippen LogP contribution in [-0.4, -0.2) is 66.3 Å². The molecule has 1 aliphatic carbocycles. The van der Waals surface area contributed by atoms with Gasteiger partial charge in [0.05, 0.1) is 36.6 Å². The van der Waals surface area contributed by atoms with E-state index in [1.54, 1.807) is 19.1 Å². The summed E-state index contributed by atoms with van der Waals surface area (Å²) in [6.45, 7) is 3.27. The third-order valence-electron chi connectivity index (χ3n) is 10.3. The van der Waals surface area contributed by atoms with Crippen LogP contribution in [-0.2, 0) is 35.3 Å². The highest BCUT2D eigenvalue weighted by Crippen LogP contribution is 2.63. The topological polar surface area (TPSA) is 195 Å². The maximum absolute atomic E-state index is 14.0. The van der Waals surface area contributed by atoms with Crippen LogP contribution in [0.3, 0.4) is 0 Å². The van der Waals surface area contributed by atoms with Crippen molar-refractivity contribution in [1.29, 1.82) is 5.26 Å². The number of halogens is 1. The van der Waals surface area contributed by atoms with Crippen molar-refractivity contribution in [1.82, 2.24) is 14.6 Å². The molecule has 2 aliphatic rings. The Labute approximate surface area is 316 Å². The van der Waals surface area contributed by atoms with Crippen molar-refractivity contribution in [2.75, 3.05) is 12.3 Å². The van der Waals surface area contributed by atoms with Crippen LogP contribution in [0.5, 0.6) is 0 Å². The number of nitriles is 1. The molecule has 7 atom stereocenters. The second-order valence-electron chi connectivity index (χ2n) is 14.5. The zero-order chi connectivity index (χ0) is 38.8. The number of hydrogen-bond acceptors (Lipinski definition) is 11. The van der Waals surface area contributed by atoms with Crippen LogP contribution in [0.25, 0.3) is 5.52 Å². The minimum Gasteiger partial charge on any atom is -0.386 e. The zero-order valence-corrected chi connectivity index (χ0v) is 32.1. The molecule has 0 spiro atoms. The molecule has 3 heterocycles. The summed E-state index contributed by atoms with van der Waals surface area (Å²) in [5, 5.41) is 36.0. The Morgan fingerprint density at radius 3 is 2.41 bits per heavy atom. The number of nitrogens with two attached hydrogens (primary N) is 1. The molecule has 1 saturated carbocycles. The van der Waals surface area contributed by atoms with Crippen molar-refractivity contribution in [2.24, 2.45) is 0 Å². The molecule has 2 fully saturated rings. The maximum atomic E-state index is 14.0. The van der Waals surface area contributed by atoms with Crippen molar-refractivity contribution >= 4 is 19.2 Å². The van der Waals surface area contributed by atoms with Gasteiger partial charge in [0.2, 0.25) is 0 Å². The summed E-state index contributed by atoms with van der Waals surface area (Å²) in [5.74, 6) is 5.83. The summed E-state index contributed by atoms with van der Waals surface area (Å²) < 4.78 is 51.2. The normalized spacial score (nSPS) is 24.7. The second kappa shape index (κ2) is 18.9. The summed E-state index contributed by atoms with van der Waals surface area (Å²) in [6, 6.07) is 9.04. The Balaban J connectivity index is 1.10. The van der Waals surface area contributed by atoms with Gasteiger partial charge in [-0.2, -0.15) is 10.4 Å². The monoisotopic (exact) mass is 769 g/mol. The number of aliphatic hydroxyl groups excluding tert-OH is 1. The van der Waals surface area contributed by atoms with E-state index in [4.69, 9.17) is 24.3 Å². The van der Waals surface area contributed by atoms with Gasteiger partial charge >= 0.3 is 7.82 Å². The summed E-state index contributed by atoms with van der Waals surface area (Å²) in [7, 11) is -4.83. The van der Waals surface area contributed by atoms with E-state index >= 15 is 0 Å². The first-order valence-electron chi connectivity index (χ1n) is 19.0. The quantitative estimate of drug-likeness (QED) is 0.0486. The Bertz CT molecular complexity index is 1860. The van der Waals surface area contributed by atoms with Gasteiger partial charge in [-0.3, -0.25) is 9.05 Å². The predicted molar refractivity (Wildman–Crippen MR) is 199 cm³/mol. The number of aromatic nitrogens is 3. The average molecular weight is 770 g/mol. The predicted octanol–water partition coefficient (Wildman–Crippen LogP) is 6.61. The van der Waals surface area contributed by atoms with Crippen LogP contribution in [0.4, 0.5) is 10.2 Å². The highest BCUT2D eigenvalue weighted by Gasteiger charge is 2.82. The molecule has 5 N–H and O–H groups in total. The molecule has 54 heavy (non-hydrogen) atoms. The molecule has 0 radical (unpaired) electrons. The highest BCUT2D eigenvalue weighted by molar-refractivity contribution is 7.47. The van der Waals surface area contributed by atoms with Crippen LogP contribution in [0.15, 0.2) is 36.7 Å². The molecule has 2 aromatic heterocycles. The van der Waals surface area contributed by atoms with E-state index in [0.29, 0.717) is 23.2 Å². The van der Waals surface area contributed by atoms with Crippen molar-refractivity contribution in [3.8, 4) is 17.9 Å². The van der Waals surface area contributed by atoms with E-state index in [1.807, 2.05) is 6.07 Å². The Morgan fingerprint density at radius 1 is 1.07 bits per heavy atom. The number of fused-ring (bicyclic) bond motifs is 2. The number of unbranched alkanes of at least 4 members (excludes halogenated alkanes) is 12. The van der Waals surface area contributed by atoms with Crippen LogP contribution in [0.2, 0.25) is 0 Å². The highest BCUT2D eigenvalue weighted by atomic mass is 31.2. The number of aliphatic hydroxyl groups is 2. The van der Waals surface area contributed by atoms with E-state index in [0.717, 1.165) is 18.9 Å². The van der Waals surface area contributed by atoms with Crippen molar-refractivity contribution < 1.29 is 42.6 Å². The Morgan fingerprint density at radius 2 is 1.76 bits per heavy atom. The summed E-state index contributed by atoms with van der Waals surface area (Å²) in [5.41, 5.74) is 3.87. The summed E-state index contributed by atoms with van der Waals surface area (Å²) in [6.07, 6.45) is 12.2. The first-order valence-corrected chi connectivity index (χ1v) is 20.5. The minimum atomic E-state index is -4.83. The van der Waals surface area contributed by atoms with Gasteiger partial charge in [0, 0.05) is 12.8 Å². The van der Waals surface area contributed by atoms with Crippen molar-refractivity contribution in [3.63, 3.8) is 0 Å². The van der Waals surface area contributed by atoms with Crippen molar-refractivity contribution in [2.45, 2.75) is 146 Å². The summed E-state index contributed by atoms with van der Waals surface area (Å²) >= 11 is 0. The Kier molecular flexibility index (Phi) is 14.6. The number of ether oxygens (including phenoxy) is 2. The van der Waals surface area contributed by atoms with E-state index in [2.05, 4.69) is 28.8 Å². The van der Waals surface area contributed by atoms with E-state index in [9.17, 15) is 29.3 Å². The van der Waals surface area contributed by atoms with Gasteiger partial charge in [0.15, 0.2) is 11.4 Å². The molecule has 0 bridgehead atoms. The molecule has 1 aliphatic heterocycles. The number of phosphoric ester groups is 1. The van der Waals surface area contributed by atoms with Gasteiger partial charge in [-0.1, -0.05) is 77.6 Å². The molecule has 3 aromatic rings. The van der Waals surface area contributed by atoms with Gasteiger partial charge in [0.25, 0.3) is 0 Å². The third kappa shape index (κ3) is 10.2. The number of rotatable bonds is 22. The number of nitrogens with zero attached hydrogens (tertiary/aromatic N) is 4. The van der Waals surface area contributed by atoms with Gasteiger partial charge in [-0.05, 0) is 49.2 Å². The van der Waals surface area contributed by atoms with Crippen LogP contribution in [0, 0.1) is 29.0 Å². The minimum absolute atomic E-state index is 0.106. The fraction of sp³-hybridized carbons (Fsp3) is 0.615. The third-order valence-corrected chi connectivity index (χ3v) is 11.2. The first kappa shape index (κ1) is 41.7. The molecule has 2 unspecified atom stereocenters. The number of hydrogen-bond donors (Lipinski definition) is 4. The van der Waals surface area contributed by atoms with E-state index in [-0.39, 0.29) is 24.4 Å². The van der Waals surface area contributed by atoms with Gasteiger partial charge in [-0.15, -0.1) is 11.8 Å². The molecule has 0 amide bonds. The molecule has 294 valence electrons. The first-order chi connectivity index (χ1) is 25.9. The lowest BCUT2D eigenvalue weighted by molar-refractivity contribution is -0.126. The van der Waals surface area contributed by atoms with Crippen LogP contribution < -0.4 is 5.73 Å². The van der Waals surface area contributed by atoms with Gasteiger partial charge in [0.1, 0.15) is 41.6 Å². The molecular weight excluding hydrogens is 716 g/mol. The summed E-state index contributed by atoms with van der Waals surface area (Å²) in [4.78, 5) is 14.6. The maximum Gasteiger partial charge on any atom is 0.472 e. The number of anilines is 1. The van der Waals surface area contributed by atoms with E-state index in [1.165, 1.54) is 87.2 Å². The molecular formula is C39H53FN5O8P. The van der Waals surface area contributed by atoms with Gasteiger partial charge < -0.3 is 30.3 Å². The van der Waals surface area contributed by atoms with Crippen LogP contribution in [0.1, 0.15) is 121 Å². The van der Waals surface area contributed by atoms with Crippen molar-refractivity contribution in [3.05, 3.63) is 59.3 Å². The molecule has 15 heteroatoms. The smallest absolute Gasteiger partial charge is 0.386 e. The SMILES string of the molecule is CCCCCCCCCCCCCCC#CC[C@H](COP(=O)(O)OC1[C@H]2O[C@@](C)(c3ccc4c(N)ncnn34)[C@H](O)[C@@]12O)OCc1cc(F)cc(C#N)c1. The van der Waals surface area contributed by atoms with E-state index < -0.39 is 55.9 Å². The lowest BCUT2D eigenvalue weighted by atomic mass is 9.91. The lowest BCUT2D eigenvalue weighted by Gasteiger charge is -2.32. The molecule has 13 nitrogen and oxygen atoms in total. The zero-order valence-electron chi connectivity index (χ0n) is 31.2. The molecule has 1 aromatic carbocycles. The standard InChI is InChI=1S/C39H53FN5O8P/c1-3-4-5-6-7-8-9-10-11-12-13-14-15-16-17-18-31(50-25-29-21-28(24-41)22-30(40)23-29)26-51-54(48,49)53-35-34-39(35,47)37(46)38(2,52-34)33-20-19-32-36(42)43-27-44-45(32)33/h19-23,27,31,34-35,37,46-47H,3-15,18,25-26H2,1-2H3,(H,48,49)(H2,42,43,44)/t31-,34-,35?,37+,38+,39+/m1/s1. The fourth-order valence-corrected chi connectivity index (χ4v) is 8.08. The van der Waals surface area contributed by atoms with Crippen LogP contribution >= 0.6 is 7.82 Å². The molecule has 1 saturated heterocycles. The lowest BCUT2D eigenvalue weighted by Crippen LogP contribution is -2.46. The number of nitrogen functional groups attached to an aromatic ring is 1. The average Bonchev–Trinajstić information content (AvgIpc) is 3.40. The number of phosphoric acid groups is 1. The Hall–Kier alpha value is -3.43. The second-order valence-corrected chi connectivity index (χ2v) is 15.9. The number of benzene rings is 1.